The fourth-order valence-corrected chi connectivity index (χ4v) is 2.69. The Morgan fingerprint density at radius 3 is 2.17 bits per heavy atom. The lowest BCUT2D eigenvalue weighted by atomic mass is 9.99. The van der Waals surface area contributed by atoms with Crippen LogP contribution in [-0.2, 0) is 6.54 Å². The SMILES string of the molecule is NCc1cccc(Cl)c1-c1cc(Cl)c(Cl)cc1Cl. The van der Waals surface area contributed by atoms with Gasteiger partial charge in [-0.1, -0.05) is 58.5 Å². The molecule has 2 N–H and O–H groups in total. The molecule has 5 heteroatoms. The zero-order valence-corrected chi connectivity index (χ0v) is 12.2. The van der Waals surface area contributed by atoms with E-state index in [1.165, 1.54) is 0 Å². The second-order valence-corrected chi connectivity index (χ2v) is 5.35. The molecule has 2 aromatic rings. The van der Waals surface area contributed by atoms with Gasteiger partial charge >= 0.3 is 0 Å². The first-order chi connectivity index (χ1) is 8.54. The molecule has 0 atom stereocenters. The van der Waals surface area contributed by atoms with Crippen molar-refractivity contribution in [3.8, 4) is 11.1 Å². The van der Waals surface area contributed by atoms with Gasteiger partial charge in [0.15, 0.2) is 0 Å². The number of halogens is 4. The molecule has 0 radical (unpaired) electrons. The Kier molecular flexibility index (Phi) is 4.41. The van der Waals surface area contributed by atoms with E-state index in [1.54, 1.807) is 18.2 Å². The van der Waals surface area contributed by atoms with Crippen LogP contribution in [0.25, 0.3) is 11.1 Å². The maximum atomic E-state index is 6.22. The molecule has 0 fully saturated rings. The highest BCUT2D eigenvalue weighted by molar-refractivity contribution is 6.44. The van der Waals surface area contributed by atoms with Gasteiger partial charge in [-0.05, 0) is 23.8 Å². The first-order valence-electron chi connectivity index (χ1n) is 5.17. The number of rotatable bonds is 2. The van der Waals surface area contributed by atoms with Crippen molar-refractivity contribution < 1.29 is 0 Å². The average Bonchev–Trinajstić information content (AvgIpc) is 2.34. The second kappa shape index (κ2) is 5.68. The normalized spacial score (nSPS) is 10.7. The first kappa shape index (κ1) is 14.0. The highest BCUT2D eigenvalue weighted by atomic mass is 35.5. The van der Waals surface area contributed by atoms with Crippen molar-refractivity contribution in [3.63, 3.8) is 0 Å². The molecular weight excluding hydrogens is 312 g/mol. The molecule has 2 rings (SSSR count). The van der Waals surface area contributed by atoms with E-state index in [0.717, 1.165) is 16.7 Å². The molecule has 2 aromatic carbocycles. The Bertz CT molecular complexity index is 596. The number of nitrogens with two attached hydrogens (primary N) is 1. The van der Waals surface area contributed by atoms with Gasteiger partial charge in [0.1, 0.15) is 0 Å². The Morgan fingerprint density at radius 1 is 0.833 bits per heavy atom. The van der Waals surface area contributed by atoms with Gasteiger partial charge in [0, 0.05) is 22.7 Å². The standard InChI is InChI=1S/C13H9Cl4N/c14-9-3-1-2-7(6-18)13(9)8-4-11(16)12(17)5-10(8)15/h1-5H,6,18H2. The molecular formula is C13H9Cl4N. The third-order valence-electron chi connectivity index (χ3n) is 2.60. The van der Waals surface area contributed by atoms with Crippen molar-refractivity contribution >= 4 is 46.4 Å². The smallest absolute Gasteiger partial charge is 0.0607 e. The van der Waals surface area contributed by atoms with Crippen molar-refractivity contribution in [2.75, 3.05) is 0 Å². The zero-order valence-electron chi connectivity index (χ0n) is 9.18. The molecule has 94 valence electrons. The van der Waals surface area contributed by atoms with E-state index in [4.69, 9.17) is 52.1 Å². The van der Waals surface area contributed by atoms with E-state index in [1.807, 2.05) is 12.1 Å². The van der Waals surface area contributed by atoms with Gasteiger partial charge in [0.05, 0.1) is 15.1 Å². The van der Waals surface area contributed by atoms with E-state index < -0.39 is 0 Å². The summed E-state index contributed by atoms with van der Waals surface area (Å²) < 4.78 is 0. The summed E-state index contributed by atoms with van der Waals surface area (Å²) in [6, 6.07) is 8.84. The molecule has 0 saturated heterocycles. The average molecular weight is 321 g/mol. The number of hydrogen-bond acceptors (Lipinski definition) is 1. The summed E-state index contributed by atoms with van der Waals surface area (Å²) in [5, 5.41) is 1.91. The van der Waals surface area contributed by atoms with Crippen LogP contribution in [0.1, 0.15) is 5.56 Å². The summed E-state index contributed by atoms with van der Waals surface area (Å²) in [5.41, 5.74) is 8.15. The summed E-state index contributed by atoms with van der Waals surface area (Å²) in [6.45, 7) is 0.368. The van der Waals surface area contributed by atoms with Crippen molar-refractivity contribution in [2.45, 2.75) is 6.54 Å². The highest BCUT2D eigenvalue weighted by Gasteiger charge is 2.14. The fraction of sp³-hybridized carbons (Fsp3) is 0.0769. The Morgan fingerprint density at radius 2 is 1.50 bits per heavy atom. The molecule has 0 amide bonds. The van der Waals surface area contributed by atoms with Gasteiger partial charge < -0.3 is 5.73 Å². The monoisotopic (exact) mass is 319 g/mol. The van der Waals surface area contributed by atoms with E-state index in [2.05, 4.69) is 0 Å². The van der Waals surface area contributed by atoms with E-state index in [-0.39, 0.29) is 0 Å². The van der Waals surface area contributed by atoms with Gasteiger partial charge in [0.2, 0.25) is 0 Å². The summed E-state index contributed by atoms with van der Waals surface area (Å²) in [7, 11) is 0. The number of benzene rings is 2. The highest BCUT2D eigenvalue weighted by Crippen LogP contribution is 2.39. The van der Waals surface area contributed by atoms with Crippen molar-refractivity contribution in [2.24, 2.45) is 5.73 Å². The van der Waals surface area contributed by atoms with Crippen LogP contribution in [0.5, 0.6) is 0 Å². The van der Waals surface area contributed by atoms with E-state index in [0.29, 0.717) is 26.6 Å². The van der Waals surface area contributed by atoms with Gasteiger partial charge in [-0.3, -0.25) is 0 Å². The Labute approximate surface area is 125 Å². The van der Waals surface area contributed by atoms with Crippen LogP contribution in [-0.4, -0.2) is 0 Å². The van der Waals surface area contributed by atoms with Crippen LogP contribution in [0.15, 0.2) is 30.3 Å². The summed E-state index contributed by atoms with van der Waals surface area (Å²) in [4.78, 5) is 0. The summed E-state index contributed by atoms with van der Waals surface area (Å²) >= 11 is 24.3. The molecule has 1 nitrogen and oxygen atoms in total. The maximum Gasteiger partial charge on any atom is 0.0607 e. The predicted octanol–water partition coefficient (Wildman–Crippen LogP) is 5.43. The molecule has 0 aliphatic carbocycles. The fourth-order valence-electron chi connectivity index (χ4n) is 1.75. The third-order valence-corrected chi connectivity index (χ3v) is 3.95. The molecule has 0 saturated carbocycles. The second-order valence-electron chi connectivity index (χ2n) is 3.72. The minimum Gasteiger partial charge on any atom is -0.326 e. The molecule has 0 heterocycles. The minimum absolute atomic E-state index is 0.368. The Balaban J connectivity index is 2.73. The molecule has 0 spiro atoms. The molecule has 0 aliphatic rings. The van der Waals surface area contributed by atoms with Crippen LogP contribution < -0.4 is 5.73 Å². The van der Waals surface area contributed by atoms with Crippen LogP contribution in [0, 0.1) is 0 Å². The van der Waals surface area contributed by atoms with Gasteiger partial charge in [-0.2, -0.15) is 0 Å². The number of hydrogen-bond donors (Lipinski definition) is 1. The van der Waals surface area contributed by atoms with Crippen molar-refractivity contribution in [1.29, 1.82) is 0 Å². The lowest BCUT2D eigenvalue weighted by Crippen LogP contribution is -1.99. The van der Waals surface area contributed by atoms with Crippen LogP contribution in [0.2, 0.25) is 20.1 Å². The van der Waals surface area contributed by atoms with Gasteiger partial charge in [0.25, 0.3) is 0 Å². The van der Waals surface area contributed by atoms with E-state index in [9.17, 15) is 0 Å². The van der Waals surface area contributed by atoms with Gasteiger partial charge in [-0.25, -0.2) is 0 Å². The van der Waals surface area contributed by atoms with Crippen molar-refractivity contribution in [3.05, 3.63) is 56.0 Å². The quantitative estimate of drug-likeness (QED) is 0.734. The summed E-state index contributed by atoms with van der Waals surface area (Å²) in [6.07, 6.45) is 0. The molecule has 18 heavy (non-hydrogen) atoms. The molecule has 0 unspecified atom stereocenters. The third kappa shape index (κ3) is 2.61. The largest absolute Gasteiger partial charge is 0.326 e. The van der Waals surface area contributed by atoms with Crippen LogP contribution >= 0.6 is 46.4 Å². The lowest BCUT2D eigenvalue weighted by Gasteiger charge is -2.13. The topological polar surface area (TPSA) is 26.0 Å². The van der Waals surface area contributed by atoms with Crippen molar-refractivity contribution in [1.82, 2.24) is 0 Å². The van der Waals surface area contributed by atoms with Crippen LogP contribution in [0.4, 0.5) is 0 Å². The lowest BCUT2D eigenvalue weighted by molar-refractivity contribution is 1.07. The predicted molar refractivity (Wildman–Crippen MR) is 79.8 cm³/mol. The zero-order chi connectivity index (χ0) is 13.3. The first-order valence-corrected chi connectivity index (χ1v) is 6.68. The molecule has 0 aliphatic heterocycles. The minimum atomic E-state index is 0.368. The Hall–Kier alpha value is -0.440. The maximum absolute atomic E-state index is 6.22. The molecule has 0 aromatic heterocycles. The van der Waals surface area contributed by atoms with Crippen LogP contribution in [0.3, 0.4) is 0 Å². The van der Waals surface area contributed by atoms with E-state index >= 15 is 0 Å². The summed E-state index contributed by atoms with van der Waals surface area (Å²) in [5.74, 6) is 0. The molecule has 0 bridgehead atoms. The van der Waals surface area contributed by atoms with Gasteiger partial charge in [-0.15, -0.1) is 0 Å².